The Hall–Kier alpha value is -2.37. The van der Waals surface area contributed by atoms with Crippen molar-refractivity contribution in [2.45, 2.75) is 25.4 Å². The maximum atomic E-state index is 11.5. The molecule has 104 valence electrons. The summed E-state index contributed by atoms with van der Waals surface area (Å²) in [4.78, 5) is 27.4. The van der Waals surface area contributed by atoms with E-state index in [1.165, 1.54) is 14.0 Å². The molecule has 1 saturated carbocycles. The molecule has 0 saturated heterocycles. The lowest BCUT2D eigenvalue weighted by molar-refractivity contribution is 0.101. The number of ketones is 1. The monoisotopic (exact) mass is 274 g/mol. The van der Waals surface area contributed by atoms with Crippen LogP contribution in [-0.2, 0) is 4.84 Å². The standard InChI is InChI=1S/C14H14N2O4/c1-8(17)9-3-4-11-10(7-9)12(14(19-11)5-6-14)16-20-13(18)15-2/h3-4,7H,5-6H2,1-2H3,(H,15,18)/b16-12-. The van der Waals surface area contributed by atoms with Crippen molar-refractivity contribution >= 4 is 17.6 Å². The Kier molecular flexibility index (Phi) is 2.74. The predicted molar refractivity (Wildman–Crippen MR) is 71.1 cm³/mol. The third-order valence-electron chi connectivity index (χ3n) is 3.51. The summed E-state index contributed by atoms with van der Waals surface area (Å²) in [6, 6.07) is 5.21. The normalized spacial score (nSPS) is 19.4. The number of hydrogen-bond acceptors (Lipinski definition) is 5. The fourth-order valence-corrected chi connectivity index (χ4v) is 2.24. The summed E-state index contributed by atoms with van der Waals surface area (Å²) in [7, 11) is 1.46. The molecule has 1 N–H and O–H groups in total. The Morgan fingerprint density at radius 2 is 2.15 bits per heavy atom. The van der Waals surface area contributed by atoms with Gasteiger partial charge in [0.25, 0.3) is 0 Å². The molecule has 6 heteroatoms. The third kappa shape index (κ3) is 1.93. The summed E-state index contributed by atoms with van der Waals surface area (Å²) in [5.74, 6) is 0.642. The number of hydrogen-bond donors (Lipinski definition) is 1. The van der Waals surface area contributed by atoms with Crippen LogP contribution < -0.4 is 10.1 Å². The van der Waals surface area contributed by atoms with Crippen molar-refractivity contribution in [2.75, 3.05) is 7.05 Å². The number of amides is 1. The maximum Gasteiger partial charge on any atom is 0.433 e. The smallest absolute Gasteiger partial charge is 0.433 e. The second kappa shape index (κ2) is 4.33. The van der Waals surface area contributed by atoms with Crippen LogP contribution in [0.5, 0.6) is 5.75 Å². The molecule has 3 rings (SSSR count). The van der Waals surface area contributed by atoms with Crippen LogP contribution in [0.15, 0.2) is 23.4 Å². The molecule has 0 radical (unpaired) electrons. The van der Waals surface area contributed by atoms with Crippen LogP contribution in [-0.4, -0.2) is 30.2 Å². The third-order valence-corrected chi connectivity index (χ3v) is 3.51. The molecule has 20 heavy (non-hydrogen) atoms. The molecule has 1 aliphatic carbocycles. The number of fused-ring (bicyclic) bond motifs is 1. The molecule has 0 bridgehead atoms. The van der Waals surface area contributed by atoms with E-state index in [4.69, 9.17) is 9.57 Å². The molecule has 1 heterocycles. The van der Waals surface area contributed by atoms with E-state index in [0.717, 1.165) is 18.4 Å². The van der Waals surface area contributed by atoms with Crippen LogP contribution in [0.2, 0.25) is 0 Å². The number of benzene rings is 1. The second-order valence-electron chi connectivity index (χ2n) is 4.93. The van der Waals surface area contributed by atoms with E-state index in [2.05, 4.69) is 10.5 Å². The molecule has 1 amide bonds. The average molecular weight is 274 g/mol. The van der Waals surface area contributed by atoms with Gasteiger partial charge in [0.05, 0.1) is 0 Å². The van der Waals surface area contributed by atoms with E-state index in [9.17, 15) is 9.59 Å². The predicted octanol–water partition coefficient (Wildman–Crippen LogP) is 1.87. The summed E-state index contributed by atoms with van der Waals surface area (Å²) < 4.78 is 5.86. The highest BCUT2D eigenvalue weighted by Gasteiger charge is 2.56. The average Bonchev–Trinajstić information content (AvgIpc) is 3.12. The van der Waals surface area contributed by atoms with Gasteiger partial charge in [0, 0.05) is 18.2 Å². The Labute approximate surface area is 115 Å². The zero-order valence-electron chi connectivity index (χ0n) is 11.2. The quantitative estimate of drug-likeness (QED) is 0.507. The number of ether oxygens (including phenoxy) is 1. The van der Waals surface area contributed by atoms with Gasteiger partial charge in [-0.1, -0.05) is 5.16 Å². The molecule has 1 aliphatic heterocycles. The van der Waals surface area contributed by atoms with Gasteiger partial charge in [-0.05, 0) is 38.0 Å². The molecule has 0 aromatic heterocycles. The fraction of sp³-hybridized carbons (Fsp3) is 0.357. The van der Waals surface area contributed by atoms with Crippen molar-refractivity contribution in [3.8, 4) is 5.75 Å². The van der Waals surface area contributed by atoms with Gasteiger partial charge in [0.1, 0.15) is 11.5 Å². The topological polar surface area (TPSA) is 77.0 Å². The van der Waals surface area contributed by atoms with Crippen molar-refractivity contribution < 1.29 is 19.2 Å². The minimum absolute atomic E-state index is 0.0314. The molecule has 1 fully saturated rings. The number of Topliss-reactive ketones (excluding diaryl/α,β-unsaturated/α-hetero) is 1. The Morgan fingerprint density at radius 3 is 2.75 bits per heavy atom. The van der Waals surface area contributed by atoms with Crippen molar-refractivity contribution in [2.24, 2.45) is 5.16 Å². The SMILES string of the molecule is CNC(=O)O/N=C1/c2cc(C(C)=O)ccc2OC12CC2. The van der Waals surface area contributed by atoms with Crippen LogP contribution in [0.25, 0.3) is 0 Å². The zero-order chi connectivity index (χ0) is 14.3. The molecule has 0 unspecified atom stereocenters. The summed E-state index contributed by atoms with van der Waals surface area (Å²) in [5.41, 5.74) is 1.40. The first-order valence-electron chi connectivity index (χ1n) is 6.37. The van der Waals surface area contributed by atoms with Crippen molar-refractivity contribution in [3.63, 3.8) is 0 Å². The summed E-state index contributed by atoms with van der Waals surface area (Å²) in [6.45, 7) is 1.50. The maximum absolute atomic E-state index is 11.5. The highest BCUT2D eigenvalue weighted by Crippen LogP contribution is 2.50. The van der Waals surface area contributed by atoms with Crippen molar-refractivity contribution in [1.29, 1.82) is 0 Å². The molecular weight excluding hydrogens is 260 g/mol. The van der Waals surface area contributed by atoms with Crippen LogP contribution in [0.3, 0.4) is 0 Å². The molecular formula is C14H14N2O4. The molecule has 1 aromatic carbocycles. The van der Waals surface area contributed by atoms with Crippen LogP contribution in [0.1, 0.15) is 35.7 Å². The first-order chi connectivity index (χ1) is 9.55. The van der Waals surface area contributed by atoms with E-state index in [1.807, 2.05) is 0 Å². The molecule has 1 aromatic rings. The molecule has 6 nitrogen and oxygen atoms in total. The molecule has 1 spiro atoms. The number of carbonyl (C=O) groups excluding carboxylic acids is 2. The van der Waals surface area contributed by atoms with E-state index in [1.54, 1.807) is 18.2 Å². The van der Waals surface area contributed by atoms with E-state index >= 15 is 0 Å². The van der Waals surface area contributed by atoms with Crippen LogP contribution >= 0.6 is 0 Å². The molecule has 2 aliphatic rings. The number of rotatable bonds is 2. The lowest BCUT2D eigenvalue weighted by Gasteiger charge is -2.07. The second-order valence-corrected chi connectivity index (χ2v) is 4.93. The van der Waals surface area contributed by atoms with Gasteiger partial charge in [0.15, 0.2) is 11.4 Å². The number of carbonyl (C=O) groups is 2. The zero-order valence-corrected chi connectivity index (χ0v) is 11.2. The van der Waals surface area contributed by atoms with Gasteiger partial charge in [-0.15, -0.1) is 0 Å². The summed E-state index contributed by atoms with van der Waals surface area (Å²) in [6.07, 6.45) is 1.02. The Balaban J connectivity index is 2.00. The Morgan fingerprint density at radius 1 is 1.40 bits per heavy atom. The van der Waals surface area contributed by atoms with Gasteiger partial charge in [0.2, 0.25) is 0 Å². The van der Waals surface area contributed by atoms with E-state index in [0.29, 0.717) is 17.0 Å². The van der Waals surface area contributed by atoms with Gasteiger partial charge in [-0.25, -0.2) is 4.79 Å². The fourth-order valence-electron chi connectivity index (χ4n) is 2.24. The first-order valence-corrected chi connectivity index (χ1v) is 6.37. The number of oxime groups is 1. The van der Waals surface area contributed by atoms with E-state index < -0.39 is 11.7 Å². The minimum atomic E-state index is -0.635. The van der Waals surface area contributed by atoms with Gasteiger partial charge >= 0.3 is 6.09 Å². The summed E-state index contributed by atoms with van der Waals surface area (Å²) >= 11 is 0. The Bertz CT molecular complexity index is 632. The van der Waals surface area contributed by atoms with Gasteiger partial charge in [-0.3, -0.25) is 9.63 Å². The van der Waals surface area contributed by atoms with Gasteiger partial charge in [-0.2, -0.15) is 0 Å². The minimum Gasteiger partial charge on any atom is -0.480 e. The van der Waals surface area contributed by atoms with Crippen LogP contribution in [0.4, 0.5) is 4.79 Å². The van der Waals surface area contributed by atoms with E-state index in [-0.39, 0.29) is 5.78 Å². The largest absolute Gasteiger partial charge is 0.480 e. The highest BCUT2D eigenvalue weighted by molar-refractivity contribution is 6.14. The van der Waals surface area contributed by atoms with Crippen molar-refractivity contribution in [1.82, 2.24) is 5.32 Å². The van der Waals surface area contributed by atoms with Crippen molar-refractivity contribution in [3.05, 3.63) is 29.3 Å². The van der Waals surface area contributed by atoms with Crippen LogP contribution in [0, 0.1) is 0 Å². The highest BCUT2D eigenvalue weighted by atomic mass is 16.7. The molecule has 0 atom stereocenters. The summed E-state index contributed by atoms with van der Waals surface area (Å²) in [5, 5.41) is 6.25. The lowest BCUT2D eigenvalue weighted by Crippen LogP contribution is -2.25. The lowest BCUT2D eigenvalue weighted by atomic mass is 10.0. The number of nitrogens with zero attached hydrogens (tertiary/aromatic N) is 1. The number of nitrogens with one attached hydrogen (secondary N) is 1. The first kappa shape index (κ1) is 12.7. The van der Waals surface area contributed by atoms with Gasteiger partial charge < -0.3 is 10.1 Å².